The highest BCUT2D eigenvalue weighted by Crippen LogP contribution is 2.39. The Morgan fingerprint density at radius 1 is 1.58 bits per heavy atom. The smallest absolute Gasteiger partial charge is 0.267 e. The fourth-order valence-corrected chi connectivity index (χ4v) is 1.90. The summed E-state index contributed by atoms with van der Waals surface area (Å²) in [5.74, 6) is -0.108. The number of fused-ring (bicyclic) bond motifs is 1. The molecule has 0 fully saturated rings. The van der Waals surface area contributed by atoms with Gasteiger partial charge in [0, 0.05) is 7.05 Å². The first-order chi connectivity index (χ1) is 9.04. The van der Waals surface area contributed by atoms with Crippen molar-refractivity contribution >= 4 is 23.2 Å². The Balaban J connectivity index is 2.36. The van der Waals surface area contributed by atoms with Gasteiger partial charge in [-0.05, 0) is 19.1 Å². The van der Waals surface area contributed by atoms with E-state index in [9.17, 15) is 9.59 Å². The van der Waals surface area contributed by atoms with Crippen molar-refractivity contribution in [3.05, 3.63) is 18.2 Å². The molecule has 1 atom stereocenters. The molecule has 1 N–H and O–H groups in total. The Kier molecular flexibility index (Phi) is 3.38. The molecule has 0 saturated heterocycles. The van der Waals surface area contributed by atoms with Crippen LogP contribution in [-0.4, -0.2) is 25.0 Å². The van der Waals surface area contributed by atoms with E-state index in [0.717, 1.165) is 0 Å². The number of benzene rings is 1. The van der Waals surface area contributed by atoms with Crippen LogP contribution in [-0.2, 0) is 9.59 Å². The van der Waals surface area contributed by atoms with Gasteiger partial charge in [-0.2, -0.15) is 5.26 Å². The van der Waals surface area contributed by atoms with Gasteiger partial charge in [0.15, 0.2) is 11.9 Å². The van der Waals surface area contributed by atoms with Gasteiger partial charge in [-0.15, -0.1) is 0 Å². The van der Waals surface area contributed by atoms with Crippen molar-refractivity contribution in [3.8, 4) is 11.8 Å². The third kappa shape index (κ3) is 2.36. The lowest BCUT2D eigenvalue weighted by Crippen LogP contribution is -2.42. The minimum absolute atomic E-state index is 0.145. The molecular formula is C13H13N3O3. The van der Waals surface area contributed by atoms with Crippen molar-refractivity contribution in [1.29, 1.82) is 5.26 Å². The summed E-state index contributed by atoms with van der Waals surface area (Å²) in [6.45, 7) is 1.65. The van der Waals surface area contributed by atoms with E-state index in [1.165, 1.54) is 4.90 Å². The average molecular weight is 259 g/mol. The standard InChI is InChI=1S/C13H13N3O3/c1-8-13(18)16(2)10-5-3-4-9(12(10)19-8)15-11(17)6-7-14/h3-5,8H,6H2,1-2H3,(H,15,17). The Hall–Kier alpha value is -2.55. The number of nitrogens with one attached hydrogen (secondary N) is 1. The summed E-state index contributed by atoms with van der Waals surface area (Å²) in [5, 5.41) is 11.1. The first kappa shape index (κ1) is 12.9. The largest absolute Gasteiger partial charge is 0.476 e. The Labute approximate surface area is 110 Å². The first-order valence-corrected chi connectivity index (χ1v) is 5.78. The number of anilines is 2. The van der Waals surface area contributed by atoms with Crippen LogP contribution < -0.4 is 15.0 Å². The number of nitrogens with zero attached hydrogens (tertiary/aromatic N) is 2. The highest BCUT2D eigenvalue weighted by molar-refractivity contribution is 6.02. The summed E-state index contributed by atoms with van der Waals surface area (Å²) in [4.78, 5) is 24.7. The average Bonchev–Trinajstić information content (AvgIpc) is 2.37. The second-order valence-electron chi connectivity index (χ2n) is 4.19. The molecule has 0 bridgehead atoms. The van der Waals surface area contributed by atoms with Crippen molar-refractivity contribution < 1.29 is 14.3 Å². The van der Waals surface area contributed by atoms with Gasteiger partial charge in [-0.1, -0.05) is 6.07 Å². The second kappa shape index (κ2) is 4.98. The number of rotatable bonds is 2. The summed E-state index contributed by atoms with van der Waals surface area (Å²) >= 11 is 0. The molecule has 0 aliphatic carbocycles. The van der Waals surface area contributed by atoms with Gasteiger partial charge < -0.3 is 15.0 Å². The molecule has 0 radical (unpaired) electrons. The molecule has 6 nitrogen and oxygen atoms in total. The minimum atomic E-state index is -0.605. The van der Waals surface area contributed by atoms with Gasteiger partial charge in [0.2, 0.25) is 5.91 Å². The molecule has 1 heterocycles. The topological polar surface area (TPSA) is 82.4 Å². The third-order valence-electron chi connectivity index (χ3n) is 2.84. The van der Waals surface area contributed by atoms with Crippen LogP contribution in [0.4, 0.5) is 11.4 Å². The predicted octanol–water partition coefficient (Wildman–Crippen LogP) is 1.28. The molecule has 6 heteroatoms. The van der Waals surface area contributed by atoms with E-state index >= 15 is 0 Å². The van der Waals surface area contributed by atoms with Crippen molar-refractivity contribution in [2.45, 2.75) is 19.4 Å². The summed E-state index contributed by atoms with van der Waals surface area (Å²) < 4.78 is 5.54. The highest BCUT2D eigenvalue weighted by Gasteiger charge is 2.30. The maximum absolute atomic E-state index is 11.8. The second-order valence-corrected chi connectivity index (χ2v) is 4.19. The zero-order valence-corrected chi connectivity index (χ0v) is 10.6. The Morgan fingerprint density at radius 2 is 2.32 bits per heavy atom. The minimum Gasteiger partial charge on any atom is -0.476 e. The van der Waals surface area contributed by atoms with Crippen LogP contribution in [0.15, 0.2) is 18.2 Å². The molecule has 98 valence electrons. The molecular weight excluding hydrogens is 246 g/mol. The Morgan fingerprint density at radius 3 is 3.00 bits per heavy atom. The van der Waals surface area contributed by atoms with Crippen LogP contribution in [0, 0.1) is 11.3 Å². The number of hydrogen-bond donors (Lipinski definition) is 1. The van der Waals surface area contributed by atoms with E-state index in [1.807, 2.05) is 0 Å². The lowest BCUT2D eigenvalue weighted by atomic mass is 10.1. The van der Waals surface area contributed by atoms with Crippen LogP contribution in [0.3, 0.4) is 0 Å². The molecule has 19 heavy (non-hydrogen) atoms. The van der Waals surface area contributed by atoms with Crippen LogP contribution in [0.25, 0.3) is 0 Å². The molecule has 2 rings (SSSR count). The van der Waals surface area contributed by atoms with Crippen molar-refractivity contribution in [1.82, 2.24) is 0 Å². The molecule has 0 aromatic heterocycles. The van der Waals surface area contributed by atoms with E-state index in [0.29, 0.717) is 17.1 Å². The van der Waals surface area contributed by atoms with Crippen molar-refractivity contribution in [3.63, 3.8) is 0 Å². The number of carbonyl (C=O) groups excluding carboxylic acids is 2. The van der Waals surface area contributed by atoms with Crippen LogP contribution >= 0.6 is 0 Å². The summed E-state index contributed by atoms with van der Waals surface area (Å²) in [6, 6.07) is 6.89. The van der Waals surface area contributed by atoms with Gasteiger partial charge in [-0.25, -0.2) is 0 Å². The van der Waals surface area contributed by atoms with Crippen LogP contribution in [0.1, 0.15) is 13.3 Å². The first-order valence-electron chi connectivity index (χ1n) is 5.78. The quantitative estimate of drug-likeness (QED) is 0.867. The number of ether oxygens (including phenoxy) is 1. The number of para-hydroxylation sites is 1. The van der Waals surface area contributed by atoms with Crippen LogP contribution in [0.2, 0.25) is 0 Å². The van der Waals surface area contributed by atoms with Crippen LogP contribution in [0.5, 0.6) is 5.75 Å². The lowest BCUT2D eigenvalue weighted by Gasteiger charge is -2.31. The van der Waals surface area contributed by atoms with E-state index in [-0.39, 0.29) is 12.3 Å². The molecule has 2 amide bonds. The van der Waals surface area contributed by atoms with Gasteiger partial charge in [-0.3, -0.25) is 9.59 Å². The number of likely N-dealkylation sites (N-methyl/N-ethyl adjacent to an activating group) is 1. The highest BCUT2D eigenvalue weighted by atomic mass is 16.5. The molecule has 0 saturated carbocycles. The van der Waals surface area contributed by atoms with E-state index in [2.05, 4.69) is 5.32 Å². The normalized spacial score (nSPS) is 17.2. The predicted molar refractivity (Wildman–Crippen MR) is 68.8 cm³/mol. The fourth-order valence-electron chi connectivity index (χ4n) is 1.90. The number of amides is 2. The summed E-state index contributed by atoms with van der Waals surface area (Å²) in [6.07, 6.45) is -0.833. The fraction of sp³-hybridized carbons (Fsp3) is 0.308. The molecule has 1 aliphatic heterocycles. The number of nitriles is 1. The van der Waals surface area contributed by atoms with Crippen molar-refractivity contribution in [2.75, 3.05) is 17.3 Å². The molecule has 0 spiro atoms. The molecule has 1 aliphatic rings. The zero-order valence-electron chi connectivity index (χ0n) is 10.6. The molecule has 1 unspecified atom stereocenters. The maximum Gasteiger partial charge on any atom is 0.267 e. The number of carbonyl (C=O) groups is 2. The van der Waals surface area contributed by atoms with E-state index in [4.69, 9.17) is 10.00 Å². The van der Waals surface area contributed by atoms with E-state index in [1.54, 1.807) is 38.2 Å². The van der Waals surface area contributed by atoms with Crippen molar-refractivity contribution in [2.24, 2.45) is 0 Å². The van der Waals surface area contributed by atoms with Gasteiger partial charge in [0.05, 0.1) is 17.4 Å². The Bertz CT molecular complexity index is 577. The maximum atomic E-state index is 11.8. The molecule has 1 aromatic carbocycles. The van der Waals surface area contributed by atoms with E-state index < -0.39 is 12.0 Å². The zero-order chi connectivity index (χ0) is 14.0. The SMILES string of the molecule is CC1Oc2c(NC(=O)CC#N)cccc2N(C)C1=O. The summed E-state index contributed by atoms with van der Waals surface area (Å²) in [5.41, 5.74) is 1.06. The van der Waals surface area contributed by atoms with Gasteiger partial charge in [0.1, 0.15) is 6.42 Å². The van der Waals surface area contributed by atoms with Gasteiger partial charge >= 0.3 is 0 Å². The number of hydrogen-bond acceptors (Lipinski definition) is 4. The molecule has 1 aromatic rings. The van der Waals surface area contributed by atoms with Gasteiger partial charge in [0.25, 0.3) is 5.91 Å². The monoisotopic (exact) mass is 259 g/mol. The third-order valence-corrected chi connectivity index (χ3v) is 2.84. The summed E-state index contributed by atoms with van der Waals surface area (Å²) in [7, 11) is 1.65. The lowest BCUT2D eigenvalue weighted by molar-refractivity contribution is -0.125.